The second-order valence-electron chi connectivity index (χ2n) is 3.87. The molecule has 0 aliphatic heterocycles. The molecule has 1 nitrogen and oxygen atoms in total. The maximum absolute atomic E-state index is 2.58. The van der Waals surface area contributed by atoms with Crippen LogP contribution in [-0.4, -0.2) is 25.3 Å². The van der Waals surface area contributed by atoms with Crippen LogP contribution in [0.4, 0.5) is 0 Å². The van der Waals surface area contributed by atoms with Gasteiger partial charge >= 0.3 is 14.4 Å². The lowest BCUT2D eigenvalue weighted by molar-refractivity contribution is 0.512. The zero-order valence-electron chi connectivity index (χ0n) is 9.53. The highest BCUT2D eigenvalue weighted by Crippen LogP contribution is 2.08. The molecule has 0 amide bonds. The van der Waals surface area contributed by atoms with Crippen LogP contribution in [-0.2, 0) is 6.54 Å². The van der Waals surface area contributed by atoms with E-state index in [1.54, 1.807) is 0 Å². The molecule has 0 unspecified atom stereocenters. The van der Waals surface area contributed by atoms with Crippen LogP contribution in [0.25, 0.3) is 0 Å². The van der Waals surface area contributed by atoms with Gasteiger partial charge in [-0.15, -0.1) is 0 Å². The Hall–Kier alpha value is -0.288. The Kier molecular flexibility index (Phi) is 5.26. The molecule has 76 valence electrons. The van der Waals surface area contributed by atoms with Gasteiger partial charge < -0.3 is 3.88 Å². The largest absolute Gasteiger partial charge is 0.383 e. The molecule has 1 aromatic rings. The summed E-state index contributed by atoms with van der Waals surface area (Å²) < 4.78 is 2.58. The van der Waals surface area contributed by atoms with Crippen molar-refractivity contribution in [2.45, 2.75) is 31.0 Å². The molecule has 0 aliphatic rings. The molecule has 1 aromatic carbocycles. The highest BCUT2D eigenvalue weighted by atomic mass is 27.2. The quantitative estimate of drug-likeness (QED) is 0.667. The van der Waals surface area contributed by atoms with Gasteiger partial charge in [-0.05, 0) is 12.6 Å². The number of benzene rings is 1. The van der Waals surface area contributed by atoms with Gasteiger partial charge in [0.05, 0.1) is 0 Å². The second kappa shape index (κ2) is 6.24. The Morgan fingerprint density at radius 1 is 1.07 bits per heavy atom. The maximum Gasteiger partial charge on any atom is 0.372 e. The maximum atomic E-state index is 2.58. The molecule has 0 saturated heterocycles. The molecule has 0 bridgehead atoms. The average Bonchev–Trinajstić information content (AvgIpc) is 2.21. The standard InChI is InChI=1S/C8H10N.2C2H5.Al/c1-9-7-8-5-3-2-4-6-8;2*1-2;/h2-6H,7H2,1H3;2*1H2,2H3;/q-1;;;+1. The molecule has 2 heteroatoms. The third-order valence-corrected chi connectivity index (χ3v) is 6.15. The summed E-state index contributed by atoms with van der Waals surface area (Å²) in [5.41, 5.74) is 1.44. The van der Waals surface area contributed by atoms with Gasteiger partial charge in [0.1, 0.15) is 0 Å². The van der Waals surface area contributed by atoms with Gasteiger partial charge in [-0.2, -0.15) is 0 Å². The van der Waals surface area contributed by atoms with E-state index in [0.717, 1.165) is 6.54 Å². The SMILES string of the molecule is C[CH2][Al]([CH2]C)[N](C)Cc1ccccc1. The number of hydrogen-bond acceptors (Lipinski definition) is 1. The lowest BCUT2D eigenvalue weighted by Crippen LogP contribution is -2.34. The molecular formula is C12H20AlN. The van der Waals surface area contributed by atoms with Crippen molar-refractivity contribution in [2.75, 3.05) is 7.05 Å². The third kappa shape index (κ3) is 3.46. The fourth-order valence-electron chi connectivity index (χ4n) is 1.91. The Bertz CT molecular complexity index is 244. The van der Waals surface area contributed by atoms with Crippen molar-refractivity contribution in [3.8, 4) is 0 Å². The fraction of sp³-hybridized carbons (Fsp3) is 0.500. The molecule has 0 fully saturated rings. The van der Waals surface area contributed by atoms with E-state index in [-0.39, 0.29) is 0 Å². The molecule has 0 aromatic heterocycles. The van der Waals surface area contributed by atoms with Crippen molar-refractivity contribution < 1.29 is 0 Å². The predicted octanol–water partition coefficient (Wildman–Crippen LogP) is 3.15. The first kappa shape index (κ1) is 11.8. The highest BCUT2D eigenvalue weighted by Gasteiger charge is 2.18. The van der Waals surface area contributed by atoms with E-state index in [0.29, 0.717) is 0 Å². The Labute approximate surface area is 92.3 Å². The van der Waals surface area contributed by atoms with Crippen LogP contribution < -0.4 is 0 Å². The van der Waals surface area contributed by atoms with E-state index in [4.69, 9.17) is 0 Å². The Morgan fingerprint density at radius 3 is 2.14 bits per heavy atom. The summed E-state index contributed by atoms with van der Waals surface area (Å²) in [6.45, 7) is 5.77. The molecule has 1 rings (SSSR count). The van der Waals surface area contributed by atoms with Crippen LogP contribution in [0, 0.1) is 0 Å². The first-order valence-corrected chi connectivity index (χ1v) is 7.67. The first-order valence-electron chi connectivity index (χ1n) is 5.52. The van der Waals surface area contributed by atoms with Crippen LogP contribution in [0.2, 0.25) is 10.6 Å². The number of nitrogens with zero attached hydrogens (tertiary/aromatic N) is 1. The van der Waals surface area contributed by atoms with Gasteiger partial charge in [0.15, 0.2) is 0 Å². The Morgan fingerprint density at radius 2 is 1.64 bits per heavy atom. The van der Waals surface area contributed by atoms with Crippen LogP contribution >= 0.6 is 0 Å². The summed E-state index contributed by atoms with van der Waals surface area (Å²) in [5, 5.41) is 2.75. The summed E-state index contributed by atoms with van der Waals surface area (Å²) in [6, 6.07) is 10.8. The molecular weight excluding hydrogens is 185 g/mol. The molecule has 0 radical (unpaired) electrons. The van der Waals surface area contributed by atoms with Crippen molar-refractivity contribution in [3.05, 3.63) is 35.9 Å². The minimum atomic E-state index is -0.623. The minimum absolute atomic E-state index is 0.623. The minimum Gasteiger partial charge on any atom is -0.383 e. The van der Waals surface area contributed by atoms with E-state index in [9.17, 15) is 0 Å². The van der Waals surface area contributed by atoms with E-state index < -0.39 is 14.4 Å². The topological polar surface area (TPSA) is 3.24 Å². The molecule has 0 saturated carbocycles. The molecule has 0 aliphatic carbocycles. The van der Waals surface area contributed by atoms with Gasteiger partial charge in [-0.25, -0.2) is 0 Å². The summed E-state index contributed by atoms with van der Waals surface area (Å²) >= 11 is -0.623. The summed E-state index contributed by atoms with van der Waals surface area (Å²) in [7, 11) is 2.27. The van der Waals surface area contributed by atoms with Gasteiger partial charge in [0, 0.05) is 6.54 Å². The van der Waals surface area contributed by atoms with Crippen molar-refractivity contribution >= 4 is 14.4 Å². The van der Waals surface area contributed by atoms with Gasteiger partial charge in [0.2, 0.25) is 0 Å². The van der Waals surface area contributed by atoms with Crippen molar-refractivity contribution in [3.63, 3.8) is 0 Å². The van der Waals surface area contributed by atoms with Crippen LogP contribution in [0.15, 0.2) is 30.3 Å². The van der Waals surface area contributed by atoms with E-state index in [1.807, 2.05) is 0 Å². The van der Waals surface area contributed by atoms with E-state index in [1.165, 1.54) is 16.1 Å². The summed E-state index contributed by atoms with van der Waals surface area (Å²) in [6.07, 6.45) is 0. The van der Waals surface area contributed by atoms with Crippen molar-refractivity contribution in [1.29, 1.82) is 0 Å². The van der Waals surface area contributed by atoms with Crippen LogP contribution in [0.1, 0.15) is 19.4 Å². The summed E-state index contributed by atoms with van der Waals surface area (Å²) in [5.74, 6) is 0. The zero-order chi connectivity index (χ0) is 10.4. The molecule has 14 heavy (non-hydrogen) atoms. The molecule has 0 heterocycles. The monoisotopic (exact) mass is 205 g/mol. The second-order valence-corrected chi connectivity index (χ2v) is 7.69. The van der Waals surface area contributed by atoms with Crippen LogP contribution in [0.5, 0.6) is 0 Å². The van der Waals surface area contributed by atoms with Gasteiger partial charge in [-0.1, -0.05) is 54.7 Å². The third-order valence-electron chi connectivity index (χ3n) is 2.84. The summed E-state index contributed by atoms with van der Waals surface area (Å²) in [4.78, 5) is 0. The van der Waals surface area contributed by atoms with Crippen LogP contribution in [0.3, 0.4) is 0 Å². The fourth-order valence-corrected chi connectivity index (χ4v) is 4.21. The number of hydrogen-bond donors (Lipinski definition) is 0. The lowest BCUT2D eigenvalue weighted by Gasteiger charge is -2.22. The zero-order valence-corrected chi connectivity index (χ0v) is 10.7. The molecule has 0 atom stereocenters. The van der Waals surface area contributed by atoms with Gasteiger partial charge in [0.25, 0.3) is 0 Å². The lowest BCUT2D eigenvalue weighted by atomic mass is 10.2. The smallest absolute Gasteiger partial charge is 0.372 e. The highest BCUT2D eigenvalue weighted by molar-refractivity contribution is 6.55. The molecule has 0 N–H and O–H groups in total. The Balaban J connectivity index is 2.52. The van der Waals surface area contributed by atoms with E-state index >= 15 is 0 Å². The van der Waals surface area contributed by atoms with Crippen molar-refractivity contribution in [1.82, 2.24) is 3.88 Å². The number of rotatable bonds is 5. The first-order chi connectivity index (χ1) is 6.77. The normalized spacial score (nSPS) is 10.6. The van der Waals surface area contributed by atoms with E-state index in [2.05, 4.69) is 55.1 Å². The predicted molar refractivity (Wildman–Crippen MR) is 64.6 cm³/mol. The average molecular weight is 205 g/mol. The molecule has 0 spiro atoms. The van der Waals surface area contributed by atoms with Gasteiger partial charge in [-0.3, -0.25) is 0 Å². The van der Waals surface area contributed by atoms with Crippen molar-refractivity contribution in [2.24, 2.45) is 0 Å².